The highest BCUT2D eigenvalue weighted by Crippen LogP contribution is 2.28. The number of carboxylic acid groups (broad SMARTS) is 2. The fraction of sp³-hybridized carbons (Fsp3) is 0.235. The average Bonchev–Trinajstić information content (AvgIpc) is 2.50. The van der Waals surface area contributed by atoms with Crippen molar-refractivity contribution in [1.82, 2.24) is 4.98 Å². The number of pyridine rings is 1. The van der Waals surface area contributed by atoms with Crippen LogP contribution in [0.25, 0.3) is 16.5 Å². The van der Waals surface area contributed by atoms with Gasteiger partial charge >= 0.3 is 11.9 Å². The number of fused-ring (bicyclic) bond motifs is 1. The van der Waals surface area contributed by atoms with Crippen molar-refractivity contribution in [1.29, 1.82) is 0 Å². The molecule has 0 saturated heterocycles. The van der Waals surface area contributed by atoms with Crippen molar-refractivity contribution in [3.63, 3.8) is 0 Å². The Morgan fingerprint density at radius 3 is 2.32 bits per heavy atom. The molecule has 0 aliphatic carbocycles. The molecule has 0 radical (unpaired) electrons. The Morgan fingerprint density at radius 1 is 1.05 bits per heavy atom. The summed E-state index contributed by atoms with van der Waals surface area (Å²) in [4.78, 5) is 27.4. The molecule has 5 nitrogen and oxygen atoms in total. The van der Waals surface area contributed by atoms with E-state index in [0.29, 0.717) is 16.5 Å². The monoisotopic (exact) mass is 299 g/mol. The van der Waals surface area contributed by atoms with Crippen LogP contribution in [-0.4, -0.2) is 27.1 Å². The standard InChI is InChI=1S/C17H17NO4/c1-3-10-8-9-12-13(6-5-7-14(12)18-10)15(17(21)22)11(4-2)16(19)20/h5-9H,3-4H2,1-2H3,(H,19,20)(H,21,22). The molecule has 0 bridgehead atoms. The second-order valence-corrected chi connectivity index (χ2v) is 4.85. The molecule has 0 saturated carbocycles. The molecule has 22 heavy (non-hydrogen) atoms. The third-order valence-electron chi connectivity index (χ3n) is 3.55. The molecule has 2 rings (SSSR count). The number of aromatic nitrogens is 1. The summed E-state index contributed by atoms with van der Waals surface area (Å²) in [6, 6.07) is 8.75. The highest BCUT2D eigenvalue weighted by molar-refractivity contribution is 6.24. The highest BCUT2D eigenvalue weighted by Gasteiger charge is 2.22. The summed E-state index contributed by atoms with van der Waals surface area (Å²) in [7, 11) is 0. The lowest BCUT2D eigenvalue weighted by atomic mass is 9.94. The average molecular weight is 299 g/mol. The van der Waals surface area contributed by atoms with Crippen molar-refractivity contribution >= 4 is 28.4 Å². The normalized spacial score (nSPS) is 12.1. The molecular formula is C17H17NO4. The fourth-order valence-corrected chi connectivity index (χ4v) is 2.45. The maximum Gasteiger partial charge on any atom is 0.336 e. The van der Waals surface area contributed by atoms with E-state index in [1.54, 1.807) is 31.2 Å². The number of aryl methyl sites for hydroxylation is 1. The Bertz CT molecular complexity index is 777. The van der Waals surface area contributed by atoms with Gasteiger partial charge in [0.15, 0.2) is 0 Å². The van der Waals surface area contributed by atoms with E-state index in [2.05, 4.69) is 4.98 Å². The summed E-state index contributed by atoms with van der Waals surface area (Å²) in [5, 5.41) is 19.4. The van der Waals surface area contributed by atoms with Crippen molar-refractivity contribution in [2.45, 2.75) is 26.7 Å². The van der Waals surface area contributed by atoms with Crippen LogP contribution in [0.2, 0.25) is 0 Å². The summed E-state index contributed by atoms with van der Waals surface area (Å²) in [6.07, 6.45) is 0.908. The van der Waals surface area contributed by atoms with Crippen LogP contribution in [0.3, 0.4) is 0 Å². The van der Waals surface area contributed by atoms with Gasteiger partial charge in [-0.05, 0) is 30.5 Å². The van der Waals surface area contributed by atoms with E-state index < -0.39 is 11.9 Å². The van der Waals surface area contributed by atoms with Gasteiger partial charge in [0.1, 0.15) is 0 Å². The van der Waals surface area contributed by atoms with E-state index in [0.717, 1.165) is 12.1 Å². The van der Waals surface area contributed by atoms with Gasteiger partial charge in [0.05, 0.1) is 16.7 Å². The number of rotatable bonds is 5. The maximum atomic E-state index is 11.6. The lowest BCUT2D eigenvalue weighted by molar-refractivity contribution is -0.134. The summed E-state index contributed by atoms with van der Waals surface area (Å²) in [5.41, 5.74) is 1.67. The van der Waals surface area contributed by atoms with E-state index in [4.69, 9.17) is 0 Å². The second kappa shape index (κ2) is 6.39. The van der Waals surface area contributed by atoms with Gasteiger partial charge in [-0.2, -0.15) is 0 Å². The van der Waals surface area contributed by atoms with Crippen molar-refractivity contribution < 1.29 is 19.8 Å². The van der Waals surface area contributed by atoms with Gasteiger partial charge in [-0.1, -0.05) is 32.0 Å². The lowest BCUT2D eigenvalue weighted by Gasteiger charge is -2.11. The zero-order chi connectivity index (χ0) is 16.3. The number of hydrogen-bond donors (Lipinski definition) is 2. The number of carboxylic acids is 2. The van der Waals surface area contributed by atoms with Crippen LogP contribution in [0.15, 0.2) is 35.9 Å². The van der Waals surface area contributed by atoms with E-state index >= 15 is 0 Å². The number of carbonyl (C=O) groups is 2. The molecule has 0 aliphatic rings. The van der Waals surface area contributed by atoms with Crippen LogP contribution in [0.1, 0.15) is 31.5 Å². The SMILES string of the molecule is CCC(C(=O)O)=C(C(=O)O)c1cccc2nc(CC)ccc12. The number of benzene rings is 1. The molecule has 5 heteroatoms. The second-order valence-electron chi connectivity index (χ2n) is 4.85. The van der Waals surface area contributed by atoms with Crippen LogP contribution < -0.4 is 0 Å². The fourth-order valence-electron chi connectivity index (χ4n) is 2.45. The molecular weight excluding hydrogens is 282 g/mol. The van der Waals surface area contributed by atoms with Gasteiger partial charge in [-0.15, -0.1) is 0 Å². The molecule has 1 aromatic carbocycles. The lowest BCUT2D eigenvalue weighted by Crippen LogP contribution is -2.10. The first-order chi connectivity index (χ1) is 10.5. The first kappa shape index (κ1) is 15.7. The third kappa shape index (κ3) is 2.83. The number of hydrogen-bond acceptors (Lipinski definition) is 3. The van der Waals surface area contributed by atoms with Gasteiger partial charge in [0.25, 0.3) is 0 Å². The van der Waals surface area contributed by atoms with E-state index in [1.165, 1.54) is 0 Å². The van der Waals surface area contributed by atoms with Crippen LogP contribution in [0.5, 0.6) is 0 Å². The van der Waals surface area contributed by atoms with Crippen LogP contribution >= 0.6 is 0 Å². The Labute approximate surface area is 127 Å². The zero-order valence-electron chi connectivity index (χ0n) is 12.5. The smallest absolute Gasteiger partial charge is 0.336 e. The predicted octanol–water partition coefficient (Wildman–Crippen LogP) is 3.13. The molecule has 114 valence electrons. The minimum atomic E-state index is -1.24. The van der Waals surface area contributed by atoms with Crippen LogP contribution in [-0.2, 0) is 16.0 Å². The van der Waals surface area contributed by atoms with Gasteiger partial charge in [0, 0.05) is 11.1 Å². The van der Waals surface area contributed by atoms with E-state index in [-0.39, 0.29) is 17.6 Å². The number of aliphatic carboxylic acids is 2. The number of nitrogens with zero attached hydrogens (tertiary/aromatic N) is 1. The third-order valence-corrected chi connectivity index (χ3v) is 3.55. The molecule has 0 atom stereocenters. The molecule has 2 N–H and O–H groups in total. The van der Waals surface area contributed by atoms with E-state index in [9.17, 15) is 19.8 Å². The molecule has 0 spiro atoms. The van der Waals surface area contributed by atoms with E-state index in [1.807, 2.05) is 13.0 Å². The van der Waals surface area contributed by atoms with Crippen molar-refractivity contribution in [2.75, 3.05) is 0 Å². The minimum Gasteiger partial charge on any atom is -0.478 e. The molecule has 0 unspecified atom stereocenters. The van der Waals surface area contributed by atoms with Gasteiger partial charge < -0.3 is 10.2 Å². The Morgan fingerprint density at radius 2 is 1.77 bits per heavy atom. The Balaban J connectivity index is 2.81. The Kier molecular flexibility index (Phi) is 4.56. The topological polar surface area (TPSA) is 87.5 Å². The van der Waals surface area contributed by atoms with Gasteiger partial charge in [-0.3, -0.25) is 4.98 Å². The zero-order valence-corrected chi connectivity index (χ0v) is 12.5. The first-order valence-electron chi connectivity index (χ1n) is 7.08. The molecule has 0 fully saturated rings. The quantitative estimate of drug-likeness (QED) is 0.828. The Hall–Kier alpha value is -2.69. The predicted molar refractivity (Wildman–Crippen MR) is 83.6 cm³/mol. The minimum absolute atomic E-state index is 0.112. The maximum absolute atomic E-state index is 11.6. The summed E-state index contributed by atoms with van der Waals surface area (Å²) in [6.45, 7) is 3.62. The molecule has 1 heterocycles. The van der Waals surface area contributed by atoms with Crippen molar-refractivity contribution in [2.24, 2.45) is 0 Å². The first-order valence-corrected chi connectivity index (χ1v) is 7.08. The van der Waals surface area contributed by atoms with Gasteiger partial charge in [0.2, 0.25) is 0 Å². The summed E-state index contributed by atoms with van der Waals surface area (Å²) < 4.78 is 0. The molecule has 1 aromatic heterocycles. The van der Waals surface area contributed by atoms with Crippen molar-refractivity contribution in [3.05, 3.63) is 47.2 Å². The highest BCUT2D eigenvalue weighted by atomic mass is 16.4. The molecule has 0 amide bonds. The van der Waals surface area contributed by atoms with Crippen LogP contribution in [0, 0.1) is 0 Å². The largest absolute Gasteiger partial charge is 0.478 e. The molecule has 2 aromatic rings. The summed E-state index contributed by atoms with van der Waals surface area (Å²) >= 11 is 0. The van der Waals surface area contributed by atoms with Crippen molar-refractivity contribution in [3.8, 4) is 0 Å². The van der Waals surface area contributed by atoms with Gasteiger partial charge in [-0.25, -0.2) is 9.59 Å². The molecule has 0 aliphatic heterocycles. The summed E-state index contributed by atoms with van der Waals surface area (Å²) in [5.74, 6) is -2.46. The van der Waals surface area contributed by atoms with Crippen LogP contribution in [0.4, 0.5) is 0 Å².